The first-order valence-corrected chi connectivity index (χ1v) is 11.2. The molecular weight excluding hydrogens is 450 g/mol. The number of aliphatic imine (C=N–C) groups is 1. The van der Waals surface area contributed by atoms with Crippen molar-refractivity contribution in [2.75, 3.05) is 19.6 Å². The van der Waals surface area contributed by atoms with Gasteiger partial charge in [-0.25, -0.2) is 4.79 Å². The van der Waals surface area contributed by atoms with Gasteiger partial charge in [0.05, 0.1) is 12.5 Å². The molecule has 0 bridgehead atoms. The average Bonchev–Trinajstić information content (AvgIpc) is 3.46. The predicted molar refractivity (Wildman–Crippen MR) is 119 cm³/mol. The van der Waals surface area contributed by atoms with Crippen LogP contribution in [0.2, 0.25) is 0 Å². The molecule has 2 fully saturated rings. The van der Waals surface area contributed by atoms with Crippen molar-refractivity contribution < 1.29 is 34.2 Å². The normalized spacial score (nSPS) is 21.4. The minimum atomic E-state index is -1.51. The van der Waals surface area contributed by atoms with Crippen LogP contribution in [0, 0.1) is 0 Å². The van der Waals surface area contributed by atoms with E-state index in [9.17, 15) is 34.2 Å². The Morgan fingerprint density at radius 2 is 1.79 bits per heavy atom. The summed E-state index contributed by atoms with van der Waals surface area (Å²) in [5.41, 5.74) is 10.4. The highest BCUT2D eigenvalue weighted by Gasteiger charge is 2.39. The van der Waals surface area contributed by atoms with Crippen molar-refractivity contribution >= 4 is 35.6 Å². The Labute approximate surface area is 196 Å². The van der Waals surface area contributed by atoms with Crippen molar-refractivity contribution in [1.29, 1.82) is 0 Å². The van der Waals surface area contributed by atoms with Gasteiger partial charge in [-0.3, -0.25) is 24.2 Å². The van der Waals surface area contributed by atoms with E-state index in [2.05, 4.69) is 20.9 Å². The van der Waals surface area contributed by atoms with Gasteiger partial charge in [0.15, 0.2) is 5.96 Å². The number of nitrogens with zero attached hydrogens (tertiary/aromatic N) is 2. The van der Waals surface area contributed by atoms with Crippen LogP contribution in [-0.2, 0) is 24.0 Å². The standard InChI is InChI=1S/C20H33N7O7/c21-20(22)24-8-2-5-12(19(33)34)25-16(30)13(10-15(28)29)26-17(31)14-6-3-9-27(14)18(32)11-4-1-7-23-11/h11-14,23H,1-10H2,(H,25,30)(H,26,31)(H,28,29)(H,33,34)(H4,21,22,24). The SMILES string of the molecule is NC(N)=NCCCC(NC(=O)C(CC(=O)O)NC(=O)C1CCCN1C(=O)C1CCCN1)C(=O)O. The number of aliphatic carboxylic acids is 2. The summed E-state index contributed by atoms with van der Waals surface area (Å²) in [4.78, 5) is 66.4. The number of likely N-dealkylation sites (tertiary alicyclic amines) is 1. The predicted octanol–water partition coefficient (Wildman–Crippen LogP) is -2.69. The lowest BCUT2D eigenvalue weighted by Crippen LogP contribution is -2.57. The van der Waals surface area contributed by atoms with Gasteiger partial charge in [-0.2, -0.15) is 0 Å². The van der Waals surface area contributed by atoms with E-state index >= 15 is 0 Å². The molecule has 14 nitrogen and oxygen atoms in total. The second kappa shape index (κ2) is 12.7. The van der Waals surface area contributed by atoms with Crippen LogP contribution < -0.4 is 27.4 Å². The number of nitrogens with one attached hydrogen (secondary N) is 3. The smallest absolute Gasteiger partial charge is 0.326 e. The molecule has 4 atom stereocenters. The number of hydrogen-bond donors (Lipinski definition) is 7. The van der Waals surface area contributed by atoms with Gasteiger partial charge in [-0.05, 0) is 45.1 Å². The molecule has 14 heteroatoms. The van der Waals surface area contributed by atoms with Crippen LogP contribution in [0.5, 0.6) is 0 Å². The maximum Gasteiger partial charge on any atom is 0.326 e. The second-order valence-corrected chi connectivity index (χ2v) is 8.35. The lowest BCUT2D eigenvalue weighted by molar-refractivity contribution is -0.145. The van der Waals surface area contributed by atoms with Crippen LogP contribution in [0.3, 0.4) is 0 Å². The molecule has 2 rings (SSSR count). The molecule has 190 valence electrons. The molecule has 34 heavy (non-hydrogen) atoms. The highest BCUT2D eigenvalue weighted by molar-refractivity contribution is 5.95. The van der Waals surface area contributed by atoms with Gasteiger partial charge in [0.1, 0.15) is 18.1 Å². The molecular formula is C20H33N7O7. The molecule has 0 aromatic rings. The molecule has 0 aromatic carbocycles. The third-order valence-electron chi connectivity index (χ3n) is 5.77. The van der Waals surface area contributed by atoms with Gasteiger partial charge in [0, 0.05) is 13.1 Å². The van der Waals surface area contributed by atoms with Crippen molar-refractivity contribution in [2.45, 2.75) is 69.1 Å². The molecule has 2 aliphatic rings. The summed E-state index contributed by atoms with van der Waals surface area (Å²) >= 11 is 0. The fraction of sp³-hybridized carbons (Fsp3) is 0.700. The van der Waals surface area contributed by atoms with E-state index in [1.54, 1.807) is 0 Å². The van der Waals surface area contributed by atoms with Crippen molar-refractivity contribution in [3.8, 4) is 0 Å². The average molecular weight is 484 g/mol. The number of carboxylic acid groups (broad SMARTS) is 2. The highest BCUT2D eigenvalue weighted by Crippen LogP contribution is 2.21. The Bertz CT molecular complexity index is 809. The third-order valence-corrected chi connectivity index (χ3v) is 5.77. The van der Waals surface area contributed by atoms with Crippen LogP contribution in [0.25, 0.3) is 0 Å². The van der Waals surface area contributed by atoms with Gasteiger partial charge in [0.25, 0.3) is 0 Å². The maximum absolute atomic E-state index is 12.9. The lowest BCUT2D eigenvalue weighted by Gasteiger charge is -2.28. The molecule has 2 saturated heterocycles. The molecule has 0 aromatic heterocycles. The van der Waals surface area contributed by atoms with E-state index < -0.39 is 48.3 Å². The molecule has 0 spiro atoms. The number of carbonyl (C=O) groups is 5. The van der Waals surface area contributed by atoms with Crippen molar-refractivity contribution in [2.24, 2.45) is 16.5 Å². The van der Waals surface area contributed by atoms with Gasteiger partial charge in [0.2, 0.25) is 17.7 Å². The van der Waals surface area contributed by atoms with E-state index in [0.29, 0.717) is 25.8 Å². The van der Waals surface area contributed by atoms with E-state index in [1.807, 2.05) is 0 Å². The minimum Gasteiger partial charge on any atom is -0.481 e. The van der Waals surface area contributed by atoms with Crippen molar-refractivity contribution in [3.63, 3.8) is 0 Å². The molecule has 0 saturated carbocycles. The number of carbonyl (C=O) groups excluding carboxylic acids is 3. The van der Waals surface area contributed by atoms with Crippen LogP contribution in [0.1, 0.15) is 44.9 Å². The Morgan fingerprint density at radius 3 is 2.38 bits per heavy atom. The molecule has 2 heterocycles. The summed E-state index contributed by atoms with van der Waals surface area (Å²) in [7, 11) is 0. The minimum absolute atomic E-state index is 0.00904. The van der Waals surface area contributed by atoms with Crippen LogP contribution in [0.15, 0.2) is 4.99 Å². The Kier molecular flexibility index (Phi) is 10.0. The molecule has 0 aliphatic carbocycles. The van der Waals surface area contributed by atoms with E-state index in [0.717, 1.165) is 13.0 Å². The van der Waals surface area contributed by atoms with Gasteiger partial charge >= 0.3 is 11.9 Å². The zero-order valence-corrected chi connectivity index (χ0v) is 18.9. The number of carboxylic acids is 2. The fourth-order valence-corrected chi connectivity index (χ4v) is 4.08. The van der Waals surface area contributed by atoms with E-state index in [4.69, 9.17) is 11.5 Å². The number of amides is 3. The number of nitrogens with two attached hydrogens (primary N) is 2. The quantitative estimate of drug-likeness (QED) is 0.0863. The number of hydrogen-bond acceptors (Lipinski definition) is 7. The largest absolute Gasteiger partial charge is 0.481 e. The van der Waals surface area contributed by atoms with E-state index in [-0.39, 0.29) is 37.3 Å². The molecule has 0 radical (unpaired) electrons. The summed E-state index contributed by atoms with van der Waals surface area (Å²) in [6, 6.07) is -4.02. The zero-order chi connectivity index (χ0) is 25.3. The molecule has 3 amide bonds. The Balaban J connectivity index is 2.02. The Morgan fingerprint density at radius 1 is 1.06 bits per heavy atom. The summed E-state index contributed by atoms with van der Waals surface area (Å²) in [6.07, 6.45) is 2.01. The van der Waals surface area contributed by atoms with Crippen LogP contribution in [-0.4, -0.2) is 94.5 Å². The first kappa shape index (κ1) is 26.8. The van der Waals surface area contributed by atoms with Gasteiger partial charge in [-0.15, -0.1) is 0 Å². The summed E-state index contributed by atoms with van der Waals surface area (Å²) in [5, 5.41) is 26.4. The summed E-state index contributed by atoms with van der Waals surface area (Å²) < 4.78 is 0. The van der Waals surface area contributed by atoms with Gasteiger partial charge < -0.3 is 42.5 Å². The molecule has 4 unspecified atom stereocenters. The summed E-state index contributed by atoms with van der Waals surface area (Å²) in [6.45, 7) is 1.26. The first-order chi connectivity index (χ1) is 16.1. The lowest BCUT2D eigenvalue weighted by atomic mass is 10.1. The Hall–Kier alpha value is -3.42. The second-order valence-electron chi connectivity index (χ2n) is 8.35. The number of guanidine groups is 1. The monoisotopic (exact) mass is 483 g/mol. The maximum atomic E-state index is 12.9. The topological polar surface area (TPSA) is 230 Å². The van der Waals surface area contributed by atoms with Crippen LogP contribution >= 0.6 is 0 Å². The molecule has 2 aliphatic heterocycles. The summed E-state index contributed by atoms with van der Waals surface area (Å²) in [5.74, 6) is -4.61. The number of rotatable bonds is 12. The fourth-order valence-electron chi connectivity index (χ4n) is 4.08. The first-order valence-electron chi connectivity index (χ1n) is 11.2. The van der Waals surface area contributed by atoms with Gasteiger partial charge in [-0.1, -0.05) is 0 Å². The highest BCUT2D eigenvalue weighted by atomic mass is 16.4. The third kappa shape index (κ3) is 7.86. The molecule has 9 N–H and O–H groups in total. The van der Waals surface area contributed by atoms with E-state index in [1.165, 1.54) is 4.90 Å². The van der Waals surface area contributed by atoms with Crippen molar-refractivity contribution in [1.82, 2.24) is 20.9 Å². The van der Waals surface area contributed by atoms with Crippen LogP contribution in [0.4, 0.5) is 0 Å². The van der Waals surface area contributed by atoms with Crippen molar-refractivity contribution in [3.05, 3.63) is 0 Å². The zero-order valence-electron chi connectivity index (χ0n) is 18.9.